The van der Waals surface area contributed by atoms with Gasteiger partial charge >= 0.3 is 5.97 Å². The van der Waals surface area contributed by atoms with Gasteiger partial charge < -0.3 is 25.2 Å². The summed E-state index contributed by atoms with van der Waals surface area (Å²) in [5.41, 5.74) is 3.03. The lowest BCUT2D eigenvalue weighted by molar-refractivity contribution is -0.153. The van der Waals surface area contributed by atoms with Crippen LogP contribution in [0.3, 0.4) is 0 Å². The number of hydrogen-bond acceptors (Lipinski definition) is 6. The number of carbonyl (C=O) groups excluding carboxylic acids is 3. The van der Waals surface area contributed by atoms with Gasteiger partial charge in [0.05, 0.1) is 31.0 Å². The van der Waals surface area contributed by atoms with Gasteiger partial charge in [-0.1, -0.05) is 84.9 Å². The normalized spacial score (nSPS) is 13.3. The maximum absolute atomic E-state index is 13.0. The third-order valence-electron chi connectivity index (χ3n) is 7.48. The molecule has 244 valence electrons. The molecule has 0 aromatic heterocycles. The van der Waals surface area contributed by atoms with E-state index in [-0.39, 0.29) is 43.3 Å². The third kappa shape index (κ3) is 12.7. The van der Waals surface area contributed by atoms with E-state index in [0.29, 0.717) is 32.3 Å². The van der Waals surface area contributed by atoms with Gasteiger partial charge in [-0.25, -0.2) is 0 Å². The van der Waals surface area contributed by atoms with Crippen LogP contribution in [0.25, 0.3) is 0 Å². The average molecular weight is 627 g/mol. The molecule has 0 heterocycles. The lowest BCUT2D eigenvalue weighted by Gasteiger charge is -2.21. The highest BCUT2D eigenvalue weighted by Gasteiger charge is 2.25. The van der Waals surface area contributed by atoms with Crippen molar-refractivity contribution < 1.29 is 29.0 Å². The highest BCUT2D eigenvalue weighted by molar-refractivity contribution is 5.86. The Morgan fingerprint density at radius 1 is 0.804 bits per heavy atom. The molecule has 0 bridgehead atoms. The van der Waals surface area contributed by atoms with E-state index in [1.165, 1.54) is 0 Å². The van der Waals surface area contributed by atoms with Gasteiger partial charge in [0.2, 0.25) is 11.8 Å². The molecule has 0 aliphatic heterocycles. The summed E-state index contributed by atoms with van der Waals surface area (Å²) in [4.78, 5) is 38.8. The first-order valence-corrected chi connectivity index (χ1v) is 15.7. The van der Waals surface area contributed by atoms with Crippen molar-refractivity contribution in [1.82, 2.24) is 10.6 Å². The minimum Gasteiger partial charge on any atom is -0.489 e. The SMILES string of the molecule is C=CC[C@@H](CC(=O)N[C@H](CO)Cc1ccc(OCc2ccccc2)cc1)C(=O)NC[C@H](C)OC(=O)[C@@H](CC=C)Cc1ccccc1. The first-order valence-electron chi connectivity index (χ1n) is 15.7. The van der Waals surface area contributed by atoms with Crippen molar-refractivity contribution in [3.05, 3.63) is 127 Å². The summed E-state index contributed by atoms with van der Waals surface area (Å²) >= 11 is 0. The van der Waals surface area contributed by atoms with E-state index >= 15 is 0 Å². The summed E-state index contributed by atoms with van der Waals surface area (Å²) in [6.45, 7) is 9.52. The summed E-state index contributed by atoms with van der Waals surface area (Å²) in [5, 5.41) is 15.6. The number of nitrogens with one attached hydrogen (secondary N) is 2. The van der Waals surface area contributed by atoms with Gasteiger partial charge in [0, 0.05) is 6.42 Å². The quantitative estimate of drug-likeness (QED) is 0.115. The van der Waals surface area contributed by atoms with Crippen molar-refractivity contribution in [2.75, 3.05) is 13.2 Å². The molecule has 0 saturated heterocycles. The van der Waals surface area contributed by atoms with Crippen LogP contribution in [0.5, 0.6) is 5.75 Å². The van der Waals surface area contributed by atoms with Crippen molar-refractivity contribution >= 4 is 17.8 Å². The molecule has 46 heavy (non-hydrogen) atoms. The number of carbonyl (C=O) groups is 3. The number of aliphatic hydroxyl groups is 1. The Hall–Kier alpha value is -4.69. The molecule has 0 aliphatic carbocycles. The highest BCUT2D eigenvalue weighted by Crippen LogP contribution is 2.18. The van der Waals surface area contributed by atoms with E-state index in [0.717, 1.165) is 22.4 Å². The Kier molecular flexibility index (Phi) is 15.3. The number of esters is 1. The van der Waals surface area contributed by atoms with E-state index in [4.69, 9.17) is 9.47 Å². The van der Waals surface area contributed by atoms with Gasteiger partial charge in [-0.3, -0.25) is 14.4 Å². The van der Waals surface area contributed by atoms with Crippen LogP contribution in [0.1, 0.15) is 42.9 Å². The zero-order chi connectivity index (χ0) is 33.1. The van der Waals surface area contributed by atoms with Gasteiger partial charge in [-0.05, 0) is 61.4 Å². The van der Waals surface area contributed by atoms with Crippen LogP contribution in [-0.4, -0.2) is 48.2 Å². The minimum atomic E-state index is -0.660. The van der Waals surface area contributed by atoms with Crippen LogP contribution in [0, 0.1) is 11.8 Å². The molecule has 0 saturated carbocycles. The molecule has 3 aromatic rings. The summed E-state index contributed by atoms with van der Waals surface area (Å²) in [6, 6.07) is 26.6. The van der Waals surface area contributed by atoms with E-state index in [1.54, 1.807) is 19.1 Å². The second-order valence-electron chi connectivity index (χ2n) is 11.4. The van der Waals surface area contributed by atoms with Gasteiger partial charge in [-0.15, -0.1) is 13.2 Å². The average Bonchev–Trinajstić information content (AvgIpc) is 3.07. The van der Waals surface area contributed by atoms with Gasteiger partial charge in [0.15, 0.2) is 0 Å². The van der Waals surface area contributed by atoms with E-state index in [2.05, 4.69) is 23.8 Å². The largest absolute Gasteiger partial charge is 0.489 e. The third-order valence-corrected chi connectivity index (χ3v) is 7.48. The number of aliphatic hydroxyl groups excluding tert-OH is 1. The molecule has 0 aliphatic rings. The molecular weight excluding hydrogens is 580 g/mol. The number of benzene rings is 3. The second-order valence-corrected chi connectivity index (χ2v) is 11.4. The molecule has 8 heteroatoms. The minimum absolute atomic E-state index is 0.0761. The zero-order valence-corrected chi connectivity index (χ0v) is 26.6. The van der Waals surface area contributed by atoms with Gasteiger partial charge in [0.1, 0.15) is 18.5 Å². The Labute approximate surface area is 272 Å². The van der Waals surface area contributed by atoms with Crippen LogP contribution in [-0.2, 0) is 38.6 Å². The molecule has 0 unspecified atom stereocenters. The molecule has 3 N–H and O–H groups in total. The second kappa shape index (κ2) is 19.6. The van der Waals surface area contributed by atoms with Crippen molar-refractivity contribution in [2.24, 2.45) is 11.8 Å². The molecular formula is C38H46N2O6. The Balaban J connectivity index is 1.45. The monoisotopic (exact) mass is 626 g/mol. The molecule has 0 fully saturated rings. The lowest BCUT2D eigenvalue weighted by Crippen LogP contribution is -2.42. The maximum Gasteiger partial charge on any atom is 0.309 e. The van der Waals surface area contributed by atoms with Crippen LogP contribution < -0.4 is 15.4 Å². The Morgan fingerprint density at radius 3 is 2.00 bits per heavy atom. The van der Waals surface area contributed by atoms with Crippen molar-refractivity contribution in [3.63, 3.8) is 0 Å². The number of allylic oxidation sites excluding steroid dienone is 2. The molecule has 2 amide bonds. The summed E-state index contributed by atoms with van der Waals surface area (Å²) in [6.07, 6.45) is 4.37. The van der Waals surface area contributed by atoms with Gasteiger partial charge in [0.25, 0.3) is 0 Å². The van der Waals surface area contributed by atoms with Crippen molar-refractivity contribution in [1.29, 1.82) is 0 Å². The number of amides is 2. The maximum atomic E-state index is 13.0. The van der Waals surface area contributed by atoms with Gasteiger partial charge in [-0.2, -0.15) is 0 Å². The van der Waals surface area contributed by atoms with Crippen molar-refractivity contribution in [3.8, 4) is 5.75 Å². The lowest BCUT2D eigenvalue weighted by atomic mass is 9.96. The van der Waals surface area contributed by atoms with E-state index in [9.17, 15) is 19.5 Å². The highest BCUT2D eigenvalue weighted by atomic mass is 16.5. The zero-order valence-electron chi connectivity index (χ0n) is 26.6. The summed E-state index contributed by atoms with van der Waals surface area (Å²) in [5.74, 6) is -1.35. The van der Waals surface area contributed by atoms with E-state index < -0.39 is 18.1 Å². The summed E-state index contributed by atoms with van der Waals surface area (Å²) in [7, 11) is 0. The topological polar surface area (TPSA) is 114 Å². The molecule has 3 rings (SSSR count). The first kappa shape index (κ1) is 35.8. The number of hydrogen-bond donors (Lipinski definition) is 3. The molecule has 0 radical (unpaired) electrons. The molecule has 4 atom stereocenters. The molecule has 3 aromatic carbocycles. The predicted molar refractivity (Wildman–Crippen MR) is 180 cm³/mol. The number of ether oxygens (including phenoxy) is 2. The van der Waals surface area contributed by atoms with Crippen LogP contribution in [0.15, 0.2) is 110 Å². The fourth-order valence-electron chi connectivity index (χ4n) is 4.99. The van der Waals surface area contributed by atoms with Crippen LogP contribution in [0.2, 0.25) is 0 Å². The van der Waals surface area contributed by atoms with Crippen LogP contribution >= 0.6 is 0 Å². The standard InChI is InChI=1S/C38H46N2O6/c1-4-12-32(37(43)39-25-28(3)46-38(44)33(13-5-2)22-29-14-8-6-9-15-29)24-36(42)40-34(26-41)23-30-18-20-35(21-19-30)45-27-31-16-10-7-11-17-31/h4-11,14-21,28,32-34,41H,1-2,12-13,22-27H2,3H3,(H,39,43)(H,40,42)/t28-,32-,33-,34-/m0/s1. The summed E-state index contributed by atoms with van der Waals surface area (Å²) < 4.78 is 11.5. The first-order chi connectivity index (χ1) is 22.3. The van der Waals surface area contributed by atoms with Crippen molar-refractivity contribution in [2.45, 2.75) is 57.8 Å². The smallest absolute Gasteiger partial charge is 0.309 e. The molecule has 0 spiro atoms. The fraction of sp³-hybridized carbons (Fsp3) is 0.342. The van der Waals surface area contributed by atoms with Crippen LogP contribution in [0.4, 0.5) is 0 Å². The predicted octanol–water partition coefficient (Wildman–Crippen LogP) is 5.35. The Morgan fingerprint density at radius 2 is 1.39 bits per heavy atom. The molecule has 8 nitrogen and oxygen atoms in total. The van der Waals surface area contributed by atoms with E-state index in [1.807, 2.05) is 84.9 Å². The number of rotatable bonds is 20. The fourth-order valence-corrected chi connectivity index (χ4v) is 4.99. The Bertz CT molecular complexity index is 1380.